The summed E-state index contributed by atoms with van der Waals surface area (Å²) in [7, 11) is 0. The highest BCUT2D eigenvalue weighted by Gasteiger charge is 2.18. The Labute approximate surface area is 223 Å². The van der Waals surface area contributed by atoms with Gasteiger partial charge in [0.1, 0.15) is 12.4 Å². The SMILES string of the molecule is CCOC(Cc1ccc(OCCN(CCCc2cc(Cl)cc(Cl)c2)C(=O)NCC(C)C)cc1)C(=O)O. The predicted molar refractivity (Wildman–Crippen MR) is 143 cm³/mol. The van der Waals surface area contributed by atoms with Crippen molar-refractivity contribution in [2.75, 3.05) is 32.8 Å². The lowest BCUT2D eigenvalue weighted by molar-refractivity contribution is -0.149. The van der Waals surface area contributed by atoms with E-state index in [4.69, 9.17) is 32.7 Å². The molecule has 0 aliphatic carbocycles. The number of carbonyl (C=O) groups is 2. The van der Waals surface area contributed by atoms with E-state index in [-0.39, 0.29) is 12.5 Å². The van der Waals surface area contributed by atoms with Crippen LogP contribution in [0.4, 0.5) is 4.79 Å². The molecule has 2 aromatic rings. The number of carboxylic acids is 1. The van der Waals surface area contributed by atoms with Crippen LogP contribution in [0.1, 0.15) is 38.3 Å². The van der Waals surface area contributed by atoms with E-state index < -0.39 is 12.1 Å². The molecular formula is C27H36Cl2N2O5. The zero-order valence-electron chi connectivity index (χ0n) is 21.1. The summed E-state index contributed by atoms with van der Waals surface area (Å²) in [6.45, 7) is 8.12. The average molecular weight is 540 g/mol. The van der Waals surface area contributed by atoms with Gasteiger partial charge in [0.2, 0.25) is 0 Å². The van der Waals surface area contributed by atoms with Gasteiger partial charge in [0.15, 0.2) is 6.10 Å². The molecule has 2 amide bonds. The lowest BCUT2D eigenvalue weighted by atomic mass is 10.1. The van der Waals surface area contributed by atoms with Crippen molar-refractivity contribution in [1.29, 1.82) is 0 Å². The van der Waals surface area contributed by atoms with Gasteiger partial charge >= 0.3 is 12.0 Å². The molecule has 198 valence electrons. The number of urea groups is 1. The Morgan fingerprint density at radius 3 is 2.28 bits per heavy atom. The zero-order chi connectivity index (χ0) is 26.5. The van der Waals surface area contributed by atoms with Gasteiger partial charge < -0.3 is 24.8 Å². The first-order chi connectivity index (χ1) is 17.2. The summed E-state index contributed by atoms with van der Waals surface area (Å²) >= 11 is 12.2. The molecule has 0 saturated carbocycles. The van der Waals surface area contributed by atoms with Crippen LogP contribution >= 0.6 is 23.2 Å². The summed E-state index contributed by atoms with van der Waals surface area (Å²) in [4.78, 5) is 25.8. The first-order valence-electron chi connectivity index (χ1n) is 12.2. The largest absolute Gasteiger partial charge is 0.492 e. The van der Waals surface area contributed by atoms with Crippen molar-refractivity contribution in [3.63, 3.8) is 0 Å². The van der Waals surface area contributed by atoms with Gasteiger partial charge in [-0.1, -0.05) is 49.2 Å². The maximum atomic E-state index is 12.8. The Bertz CT molecular complexity index is 949. The lowest BCUT2D eigenvalue weighted by Gasteiger charge is -2.24. The summed E-state index contributed by atoms with van der Waals surface area (Å²) in [5.74, 6) is 0.0206. The quantitative estimate of drug-likeness (QED) is 0.303. The number of nitrogens with zero attached hydrogens (tertiary/aromatic N) is 1. The van der Waals surface area contributed by atoms with E-state index in [2.05, 4.69) is 5.32 Å². The molecule has 36 heavy (non-hydrogen) atoms. The van der Waals surface area contributed by atoms with E-state index >= 15 is 0 Å². The minimum absolute atomic E-state index is 0.123. The van der Waals surface area contributed by atoms with Crippen LogP contribution in [0.15, 0.2) is 42.5 Å². The predicted octanol–water partition coefficient (Wildman–Crippen LogP) is 5.70. The molecule has 0 bridgehead atoms. The molecule has 0 heterocycles. The lowest BCUT2D eigenvalue weighted by Crippen LogP contribution is -2.43. The highest BCUT2D eigenvalue weighted by atomic mass is 35.5. The number of aliphatic carboxylic acids is 1. The van der Waals surface area contributed by atoms with Gasteiger partial charge in [-0.05, 0) is 67.1 Å². The standard InChI is InChI=1S/C27H36Cl2N2O5/c1-4-35-25(26(32)33)16-20-7-9-24(10-8-20)36-13-12-31(27(34)30-18-19(2)3)11-5-6-21-14-22(28)17-23(29)15-21/h7-10,14-15,17,19,25H,4-6,11-13,16,18H2,1-3H3,(H,30,34)(H,32,33). The third kappa shape index (κ3) is 11.1. The van der Waals surface area contributed by atoms with Crippen LogP contribution in [-0.4, -0.2) is 61.0 Å². The van der Waals surface area contributed by atoms with Crippen LogP contribution in [0.25, 0.3) is 0 Å². The molecule has 0 radical (unpaired) electrons. The Kier molecular flexibility index (Phi) is 12.9. The summed E-state index contributed by atoms with van der Waals surface area (Å²) in [5.41, 5.74) is 1.87. The van der Waals surface area contributed by atoms with E-state index in [1.807, 2.05) is 38.1 Å². The second-order valence-corrected chi connectivity index (χ2v) is 9.80. The zero-order valence-corrected chi connectivity index (χ0v) is 22.6. The fourth-order valence-corrected chi connectivity index (χ4v) is 4.15. The maximum absolute atomic E-state index is 12.8. The van der Waals surface area contributed by atoms with Crippen LogP contribution in [0.5, 0.6) is 5.75 Å². The van der Waals surface area contributed by atoms with Crippen molar-refractivity contribution in [2.24, 2.45) is 5.92 Å². The van der Waals surface area contributed by atoms with Gasteiger partial charge in [-0.25, -0.2) is 9.59 Å². The minimum atomic E-state index is -0.980. The molecule has 1 unspecified atom stereocenters. The van der Waals surface area contributed by atoms with E-state index in [9.17, 15) is 14.7 Å². The third-order valence-electron chi connectivity index (χ3n) is 5.38. The highest BCUT2D eigenvalue weighted by Crippen LogP contribution is 2.20. The van der Waals surface area contributed by atoms with Crippen molar-refractivity contribution < 1.29 is 24.2 Å². The third-order valence-corrected chi connectivity index (χ3v) is 5.82. The van der Waals surface area contributed by atoms with E-state index in [0.717, 1.165) is 24.0 Å². The van der Waals surface area contributed by atoms with Crippen molar-refractivity contribution in [3.05, 3.63) is 63.6 Å². The van der Waals surface area contributed by atoms with Gasteiger partial charge in [0.05, 0.1) is 6.54 Å². The van der Waals surface area contributed by atoms with Crippen molar-refractivity contribution >= 4 is 35.2 Å². The fourth-order valence-electron chi connectivity index (χ4n) is 3.58. The number of benzene rings is 2. The highest BCUT2D eigenvalue weighted by molar-refractivity contribution is 6.34. The van der Waals surface area contributed by atoms with Crippen LogP contribution in [0, 0.1) is 5.92 Å². The number of ether oxygens (including phenoxy) is 2. The van der Waals surface area contributed by atoms with Crippen LogP contribution in [-0.2, 0) is 22.4 Å². The average Bonchev–Trinajstić information content (AvgIpc) is 2.81. The van der Waals surface area contributed by atoms with Crippen molar-refractivity contribution in [1.82, 2.24) is 10.2 Å². The molecule has 2 N–H and O–H groups in total. The summed E-state index contributed by atoms with van der Waals surface area (Å²) in [5, 5.41) is 13.4. The maximum Gasteiger partial charge on any atom is 0.333 e. The molecule has 9 heteroatoms. The van der Waals surface area contributed by atoms with Gasteiger partial charge in [0.25, 0.3) is 0 Å². The number of carboxylic acid groups (broad SMARTS) is 1. The molecular weight excluding hydrogens is 503 g/mol. The molecule has 0 spiro atoms. The molecule has 1 atom stereocenters. The van der Waals surface area contributed by atoms with Crippen LogP contribution in [0.3, 0.4) is 0 Å². The Hall–Kier alpha value is -2.48. The van der Waals surface area contributed by atoms with Crippen LogP contribution in [0.2, 0.25) is 10.0 Å². The van der Waals surface area contributed by atoms with Gasteiger partial charge in [-0.3, -0.25) is 0 Å². The Balaban J connectivity index is 1.90. The van der Waals surface area contributed by atoms with Crippen LogP contribution < -0.4 is 10.1 Å². The first-order valence-corrected chi connectivity index (χ1v) is 13.0. The molecule has 7 nitrogen and oxygen atoms in total. The fraction of sp³-hybridized carbons (Fsp3) is 0.481. The molecule has 2 rings (SSSR count). The summed E-state index contributed by atoms with van der Waals surface area (Å²) in [6.07, 6.45) is 0.911. The number of rotatable bonds is 15. The molecule has 0 fully saturated rings. The van der Waals surface area contributed by atoms with E-state index in [1.54, 1.807) is 30.0 Å². The van der Waals surface area contributed by atoms with Gasteiger partial charge in [-0.2, -0.15) is 0 Å². The van der Waals surface area contributed by atoms with E-state index in [1.165, 1.54) is 0 Å². The minimum Gasteiger partial charge on any atom is -0.492 e. The number of aryl methyl sites for hydroxylation is 1. The number of hydrogen-bond donors (Lipinski definition) is 2. The summed E-state index contributed by atoms with van der Waals surface area (Å²) in [6, 6.07) is 12.6. The molecule has 0 saturated heterocycles. The number of amides is 2. The molecule has 2 aromatic carbocycles. The van der Waals surface area contributed by atoms with E-state index in [0.29, 0.717) is 54.6 Å². The second kappa shape index (κ2) is 15.6. The van der Waals surface area contributed by atoms with Gasteiger partial charge in [-0.15, -0.1) is 0 Å². The smallest absolute Gasteiger partial charge is 0.333 e. The molecule has 0 aromatic heterocycles. The summed E-state index contributed by atoms with van der Waals surface area (Å²) < 4.78 is 11.1. The molecule has 0 aliphatic heterocycles. The number of nitrogens with one attached hydrogen (secondary N) is 1. The molecule has 0 aliphatic rings. The van der Waals surface area contributed by atoms with Crippen molar-refractivity contribution in [3.8, 4) is 5.75 Å². The Morgan fingerprint density at radius 1 is 1.03 bits per heavy atom. The topological polar surface area (TPSA) is 88.1 Å². The number of halogens is 2. The normalized spacial score (nSPS) is 11.8. The number of hydrogen-bond acceptors (Lipinski definition) is 4. The van der Waals surface area contributed by atoms with Crippen molar-refractivity contribution in [2.45, 2.75) is 46.1 Å². The second-order valence-electron chi connectivity index (χ2n) is 8.93. The monoisotopic (exact) mass is 538 g/mol. The first kappa shape index (κ1) is 29.7. The van der Waals surface area contributed by atoms with Gasteiger partial charge in [0, 0.05) is 36.2 Å². The number of carbonyl (C=O) groups excluding carboxylic acids is 1. The Morgan fingerprint density at radius 2 is 1.69 bits per heavy atom.